The zero-order chi connectivity index (χ0) is 25.2. The van der Waals surface area contributed by atoms with Gasteiger partial charge in [0.25, 0.3) is 5.91 Å². The van der Waals surface area contributed by atoms with Crippen LogP contribution in [0.15, 0.2) is 35.2 Å². The fourth-order valence-electron chi connectivity index (χ4n) is 4.69. The first-order valence-corrected chi connectivity index (χ1v) is 12.4. The van der Waals surface area contributed by atoms with Gasteiger partial charge < -0.3 is 20.2 Å². The Hall–Kier alpha value is -3.20. The number of oxazole rings is 1. The first kappa shape index (κ1) is 24.9. The van der Waals surface area contributed by atoms with Crippen LogP contribution in [0.25, 0.3) is 11.5 Å². The number of hydrogen-bond acceptors (Lipinski definition) is 7. The number of anilines is 2. The summed E-state index contributed by atoms with van der Waals surface area (Å²) in [5.41, 5.74) is 0.574. The van der Waals surface area contributed by atoms with Gasteiger partial charge in [0.1, 0.15) is 23.4 Å². The molecule has 1 amide bonds. The van der Waals surface area contributed by atoms with E-state index >= 15 is 0 Å². The fourth-order valence-corrected chi connectivity index (χ4v) is 4.69. The van der Waals surface area contributed by atoms with Gasteiger partial charge in [-0.2, -0.15) is 5.10 Å². The second kappa shape index (κ2) is 10.2. The monoisotopic (exact) mass is 480 g/mol. The second-order valence-corrected chi connectivity index (χ2v) is 10.2. The van der Waals surface area contributed by atoms with Crippen LogP contribution in [-0.4, -0.2) is 37.3 Å². The van der Waals surface area contributed by atoms with Gasteiger partial charge in [0.15, 0.2) is 5.69 Å². The number of aliphatic hydroxyl groups is 1. The maximum atomic E-state index is 13.0. The topological polar surface area (TPSA) is 118 Å². The number of aromatic nitrogens is 4. The quantitative estimate of drug-likeness (QED) is 0.404. The van der Waals surface area contributed by atoms with Crippen LogP contribution in [0.1, 0.15) is 82.5 Å². The molecule has 188 valence electrons. The Labute approximate surface area is 206 Å². The molecule has 1 saturated carbocycles. The van der Waals surface area contributed by atoms with Crippen LogP contribution in [0.2, 0.25) is 0 Å². The number of nitrogens with one attached hydrogen (secondary N) is 2. The minimum Gasteiger partial charge on any atom is -0.444 e. The molecule has 3 aromatic heterocycles. The van der Waals surface area contributed by atoms with E-state index in [-0.39, 0.29) is 11.7 Å². The van der Waals surface area contributed by atoms with Gasteiger partial charge in [0.05, 0.1) is 11.7 Å². The molecule has 0 unspecified atom stereocenters. The third-order valence-electron chi connectivity index (χ3n) is 6.72. The molecule has 1 aliphatic rings. The van der Waals surface area contributed by atoms with Crippen LogP contribution in [0.5, 0.6) is 0 Å². The lowest BCUT2D eigenvalue weighted by Gasteiger charge is -2.31. The van der Waals surface area contributed by atoms with Gasteiger partial charge in [-0.1, -0.05) is 13.8 Å². The zero-order valence-corrected chi connectivity index (χ0v) is 21.2. The van der Waals surface area contributed by atoms with Crippen LogP contribution in [0.3, 0.4) is 0 Å². The molecule has 0 atom stereocenters. The summed E-state index contributed by atoms with van der Waals surface area (Å²) in [5, 5.41) is 21.5. The van der Waals surface area contributed by atoms with Crippen LogP contribution >= 0.6 is 0 Å². The van der Waals surface area contributed by atoms with Crippen molar-refractivity contribution < 1.29 is 14.3 Å². The Morgan fingerprint density at radius 3 is 2.69 bits per heavy atom. The van der Waals surface area contributed by atoms with Gasteiger partial charge in [-0.25, -0.2) is 9.97 Å². The maximum Gasteiger partial charge on any atom is 0.277 e. The number of carbonyl (C=O) groups is 1. The minimum atomic E-state index is -1.21. The first-order valence-electron chi connectivity index (χ1n) is 12.4. The number of pyridine rings is 1. The fraction of sp³-hybridized carbons (Fsp3) is 0.538. The van der Waals surface area contributed by atoms with Gasteiger partial charge in [0.2, 0.25) is 5.89 Å². The molecule has 9 nitrogen and oxygen atoms in total. The molecule has 3 heterocycles. The molecule has 1 aliphatic carbocycles. The van der Waals surface area contributed by atoms with Gasteiger partial charge in [-0.3, -0.25) is 9.48 Å². The number of hydrogen-bond donors (Lipinski definition) is 3. The van der Waals surface area contributed by atoms with Crippen LogP contribution < -0.4 is 10.6 Å². The molecule has 9 heteroatoms. The normalized spacial score (nSPS) is 18.6. The predicted molar refractivity (Wildman–Crippen MR) is 135 cm³/mol. The van der Waals surface area contributed by atoms with Gasteiger partial charge in [-0.05, 0) is 70.4 Å². The van der Waals surface area contributed by atoms with Crippen molar-refractivity contribution in [1.29, 1.82) is 0 Å². The maximum absolute atomic E-state index is 13.0. The van der Waals surface area contributed by atoms with E-state index < -0.39 is 11.5 Å². The molecular formula is C26H36N6O3. The summed E-state index contributed by atoms with van der Waals surface area (Å²) in [6.07, 6.45) is 9.22. The number of amides is 1. The van der Waals surface area contributed by atoms with Crippen molar-refractivity contribution in [3.05, 3.63) is 42.2 Å². The highest BCUT2D eigenvalue weighted by atomic mass is 16.3. The van der Waals surface area contributed by atoms with Crippen molar-refractivity contribution in [3.63, 3.8) is 0 Å². The van der Waals surface area contributed by atoms with Gasteiger partial charge >= 0.3 is 0 Å². The molecule has 35 heavy (non-hydrogen) atoms. The highest BCUT2D eigenvalue weighted by Crippen LogP contribution is 2.37. The van der Waals surface area contributed by atoms with Crippen LogP contribution in [0, 0.1) is 11.8 Å². The van der Waals surface area contributed by atoms with Gasteiger partial charge in [-0.15, -0.1) is 0 Å². The average molecular weight is 481 g/mol. The summed E-state index contributed by atoms with van der Waals surface area (Å²) >= 11 is 0. The standard InChI is InChI=1S/C26H36N6O3/c1-6-27-22-13-18(11-12-28-22)25-30-21(15-35-25)24(33)29-20-14-32(31-23(20)26(4,5)34)19-9-7-17(8-10-19)16(2)3/h11-17,19,34H,6-10H2,1-5H3,(H,27,28)(H,29,33). The Kier molecular flexibility index (Phi) is 7.25. The van der Waals surface area contributed by atoms with E-state index in [0.717, 1.165) is 43.7 Å². The second-order valence-electron chi connectivity index (χ2n) is 10.2. The molecule has 3 N–H and O–H groups in total. The first-order chi connectivity index (χ1) is 16.7. The largest absolute Gasteiger partial charge is 0.444 e. The summed E-state index contributed by atoms with van der Waals surface area (Å²) in [5.74, 6) is 2.04. The molecule has 0 aromatic carbocycles. The van der Waals surface area contributed by atoms with Crippen molar-refractivity contribution in [2.45, 2.75) is 71.9 Å². The Bertz CT molecular complexity index is 1150. The van der Waals surface area contributed by atoms with E-state index in [4.69, 9.17) is 9.52 Å². The highest BCUT2D eigenvalue weighted by molar-refractivity contribution is 6.03. The molecule has 0 aliphatic heterocycles. The van der Waals surface area contributed by atoms with Crippen LogP contribution in [-0.2, 0) is 5.60 Å². The van der Waals surface area contributed by atoms with E-state index in [1.54, 1.807) is 26.1 Å². The van der Waals surface area contributed by atoms with Crippen LogP contribution in [0.4, 0.5) is 11.5 Å². The molecular weight excluding hydrogens is 444 g/mol. The minimum absolute atomic E-state index is 0.147. The molecule has 1 fully saturated rings. The number of rotatable bonds is 8. The summed E-state index contributed by atoms with van der Waals surface area (Å²) < 4.78 is 7.48. The summed E-state index contributed by atoms with van der Waals surface area (Å²) in [6, 6.07) is 3.85. The third-order valence-corrected chi connectivity index (χ3v) is 6.72. The van der Waals surface area contributed by atoms with E-state index in [1.165, 1.54) is 6.26 Å². The van der Waals surface area contributed by atoms with Gasteiger partial charge in [0, 0.05) is 24.5 Å². The highest BCUT2D eigenvalue weighted by Gasteiger charge is 2.30. The molecule has 0 bridgehead atoms. The number of nitrogens with zero attached hydrogens (tertiary/aromatic N) is 4. The zero-order valence-electron chi connectivity index (χ0n) is 21.2. The van der Waals surface area contributed by atoms with Crippen molar-refractivity contribution in [3.8, 4) is 11.5 Å². The van der Waals surface area contributed by atoms with Crippen molar-refractivity contribution in [2.24, 2.45) is 11.8 Å². The summed E-state index contributed by atoms with van der Waals surface area (Å²) in [4.78, 5) is 21.6. The number of carbonyl (C=O) groups excluding carboxylic acids is 1. The van der Waals surface area contributed by atoms with E-state index in [9.17, 15) is 9.90 Å². The Morgan fingerprint density at radius 1 is 1.29 bits per heavy atom. The molecule has 3 aromatic rings. The Balaban J connectivity index is 1.52. The van der Waals surface area contributed by atoms with Crippen molar-refractivity contribution >= 4 is 17.4 Å². The third kappa shape index (κ3) is 5.73. The van der Waals surface area contributed by atoms with Crippen molar-refractivity contribution in [1.82, 2.24) is 19.7 Å². The lowest BCUT2D eigenvalue weighted by atomic mass is 9.80. The average Bonchev–Trinajstić information content (AvgIpc) is 3.47. The van der Waals surface area contributed by atoms with E-state index in [1.807, 2.05) is 23.9 Å². The summed E-state index contributed by atoms with van der Waals surface area (Å²) in [7, 11) is 0. The lowest BCUT2D eigenvalue weighted by molar-refractivity contribution is 0.0729. The molecule has 4 rings (SSSR count). The van der Waals surface area contributed by atoms with E-state index in [2.05, 4.69) is 34.4 Å². The van der Waals surface area contributed by atoms with Crippen molar-refractivity contribution in [2.75, 3.05) is 17.2 Å². The van der Waals surface area contributed by atoms with E-state index in [0.29, 0.717) is 29.0 Å². The lowest BCUT2D eigenvalue weighted by Crippen LogP contribution is -2.23. The SMILES string of the molecule is CCNc1cc(-c2nc(C(=O)Nc3cn(C4CCC(C(C)C)CC4)nc3C(C)(C)O)co2)ccn1. The Morgan fingerprint density at radius 2 is 2.03 bits per heavy atom. The smallest absolute Gasteiger partial charge is 0.277 e. The predicted octanol–water partition coefficient (Wildman–Crippen LogP) is 5.23. The molecule has 0 spiro atoms. The molecule has 0 radical (unpaired) electrons. The molecule has 0 saturated heterocycles. The summed E-state index contributed by atoms with van der Waals surface area (Å²) in [6.45, 7) is 10.6.